The topological polar surface area (TPSA) is 34.2 Å². The van der Waals surface area contributed by atoms with Crippen molar-refractivity contribution >= 4 is 16.6 Å². The van der Waals surface area contributed by atoms with Crippen molar-refractivity contribution in [2.24, 2.45) is 5.41 Å². The van der Waals surface area contributed by atoms with E-state index >= 15 is 0 Å². The Morgan fingerprint density at radius 3 is 2.85 bits per heavy atom. The summed E-state index contributed by atoms with van der Waals surface area (Å²) in [6, 6.07) is 8.18. The van der Waals surface area contributed by atoms with E-state index in [4.69, 9.17) is 4.74 Å². The average Bonchev–Trinajstić information content (AvgIpc) is 3.25. The molecule has 1 aromatic carbocycles. The number of benzene rings is 1. The number of nitrogens with zero attached hydrogens (tertiary/aromatic N) is 1. The lowest BCUT2D eigenvalue weighted by Gasteiger charge is -2.16. The average molecular weight is 270 g/mol. The Bertz CT molecular complexity index is 605. The van der Waals surface area contributed by atoms with Crippen molar-refractivity contribution in [3.8, 4) is 5.75 Å². The van der Waals surface area contributed by atoms with Gasteiger partial charge in [0.05, 0.1) is 7.11 Å². The zero-order valence-corrected chi connectivity index (χ0v) is 12.3. The van der Waals surface area contributed by atoms with Crippen molar-refractivity contribution < 1.29 is 4.74 Å². The first-order valence-electron chi connectivity index (χ1n) is 7.43. The summed E-state index contributed by atoms with van der Waals surface area (Å²) in [5.41, 5.74) is 0.525. The number of pyridine rings is 1. The van der Waals surface area contributed by atoms with Gasteiger partial charge in [0.1, 0.15) is 11.6 Å². The second kappa shape index (κ2) is 5.31. The zero-order valence-electron chi connectivity index (χ0n) is 12.3. The van der Waals surface area contributed by atoms with Crippen molar-refractivity contribution in [3.63, 3.8) is 0 Å². The number of fused-ring (bicyclic) bond motifs is 1. The first-order valence-corrected chi connectivity index (χ1v) is 7.43. The number of methoxy groups -OCH3 is 1. The second-order valence-electron chi connectivity index (χ2n) is 5.85. The van der Waals surface area contributed by atoms with E-state index in [-0.39, 0.29) is 0 Å². The zero-order chi connectivity index (χ0) is 14.0. The van der Waals surface area contributed by atoms with Crippen LogP contribution < -0.4 is 10.1 Å². The molecule has 0 bridgehead atoms. The van der Waals surface area contributed by atoms with Gasteiger partial charge in [-0.2, -0.15) is 0 Å². The molecular weight excluding hydrogens is 248 g/mol. The highest BCUT2D eigenvalue weighted by Gasteiger charge is 2.41. The van der Waals surface area contributed by atoms with Gasteiger partial charge in [0, 0.05) is 18.1 Å². The minimum Gasteiger partial charge on any atom is -0.497 e. The highest BCUT2D eigenvalue weighted by Crippen LogP contribution is 2.49. The summed E-state index contributed by atoms with van der Waals surface area (Å²) in [5, 5.41) is 5.90. The molecule has 3 heteroatoms. The molecule has 0 spiro atoms. The van der Waals surface area contributed by atoms with Crippen molar-refractivity contribution in [1.82, 2.24) is 4.98 Å². The van der Waals surface area contributed by atoms with Crippen LogP contribution in [-0.2, 0) is 0 Å². The molecule has 0 unspecified atom stereocenters. The standard InChI is InChI=1S/C17H22N2O/c1-3-7-17(8-9-17)12-19-16-15-11-14(20-2)5-4-13(15)6-10-18-16/h4-6,10-11H,3,7-9,12H2,1-2H3,(H,18,19). The van der Waals surface area contributed by atoms with Crippen LogP contribution in [0.1, 0.15) is 32.6 Å². The van der Waals surface area contributed by atoms with Gasteiger partial charge in [-0.3, -0.25) is 0 Å². The summed E-state index contributed by atoms with van der Waals surface area (Å²) in [6.07, 6.45) is 7.15. The summed E-state index contributed by atoms with van der Waals surface area (Å²) >= 11 is 0. The van der Waals surface area contributed by atoms with Gasteiger partial charge in [0.2, 0.25) is 0 Å². The van der Waals surface area contributed by atoms with Gasteiger partial charge in [-0.1, -0.05) is 19.4 Å². The molecule has 1 saturated carbocycles. The van der Waals surface area contributed by atoms with Gasteiger partial charge < -0.3 is 10.1 Å². The first kappa shape index (κ1) is 13.2. The van der Waals surface area contributed by atoms with Crippen LogP contribution in [0.15, 0.2) is 30.5 Å². The lowest BCUT2D eigenvalue weighted by Crippen LogP contribution is -2.16. The van der Waals surface area contributed by atoms with Crippen LogP contribution in [0, 0.1) is 5.41 Å². The van der Waals surface area contributed by atoms with Crippen molar-refractivity contribution in [3.05, 3.63) is 30.5 Å². The molecule has 3 nitrogen and oxygen atoms in total. The van der Waals surface area contributed by atoms with Crippen LogP contribution in [0.3, 0.4) is 0 Å². The van der Waals surface area contributed by atoms with Gasteiger partial charge in [0.15, 0.2) is 0 Å². The quantitative estimate of drug-likeness (QED) is 0.852. The summed E-state index contributed by atoms with van der Waals surface area (Å²) in [6.45, 7) is 3.30. The smallest absolute Gasteiger partial charge is 0.133 e. The fraction of sp³-hybridized carbons (Fsp3) is 0.471. The molecule has 3 rings (SSSR count). The predicted molar refractivity (Wildman–Crippen MR) is 83.4 cm³/mol. The lowest BCUT2D eigenvalue weighted by molar-refractivity contribution is 0.415. The van der Waals surface area contributed by atoms with E-state index in [1.165, 1.54) is 31.1 Å². The van der Waals surface area contributed by atoms with Gasteiger partial charge in [-0.05, 0) is 48.3 Å². The molecule has 1 fully saturated rings. The molecule has 1 heterocycles. The Morgan fingerprint density at radius 2 is 2.15 bits per heavy atom. The fourth-order valence-corrected chi connectivity index (χ4v) is 2.91. The van der Waals surface area contributed by atoms with Gasteiger partial charge >= 0.3 is 0 Å². The van der Waals surface area contributed by atoms with Crippen LogP contribution >= 0.6 is 0 Å². The third-order valence-electron chi connectivity index (χ3n) is 4.34. The minimum absolute atomic E-state index is 0.525. The summed E-state index contributed by atoms with van der Waals surface area (Å²) in [4.78, 5) is 4.51. The first-order chi connectivity index (χ1) is 9.76. The molecule has 2 aromatic rings. The van der Waals surface area contributed by atoms with Crippen LogP contribution in [0.4, 0.5) is 5.82 Å². The number of rotatable bonds is 6. The van der Waals surface area contributed by atoms with Gasteiger partial charge in [-0.15, -0.1) is 0 Å². The molecular formula is C17H22N2O. The SMILES string of the molecule is CCCC1(CNc2nccc3ccc(OC)cc23)CC1. The third kappa shape index (κ3) is 2.58. The van der Waals surface area contributed by atoms with Crippen LogP contribution in [0.25, 0.3) is 10.8 Å². The fourth-order valence-electron chi connectivity index (χ4n) is 2.91. The molecule has 1 aliphatic carbocycles. The Kier molecular flexibility index (Phi) is 3.51. The highest BCUT2D eigenvalue weighted by atomic mass is 16.5. The normalized spacial score (nSPS) is 16.1. The molecule has 0 radical (unpaired) electrons. The molecule has 0 aliphatic heterocycles. The molecule has 1 aliphatic rings. The second-order valence-corrected chi connectivity index (χ2v) is 5.85. The third-order valence-corrected chi connectivity index (χ3v) is 4.34. The highest BCUT2D eigenvalue weighted by molar-refractivity contribution is 5.92. The Morgan fingerprint density at radius 1 is 1.30 bits per heavy atom. The number of aromatic nitrogens is 1. The minimum atomic E-state index is 0.525. The summed E-state index contributed by atoms with van der Waals surface area (Å²) in [7, 11) is 1.70. The molecule has 0 amide bonds. The molecule has 20 heavy (non-hydrogen) atoms. The van der Waals surface area contributed by atoms with E-state index in [0.29, 0.717) is 5.41 Å². The van der Waals surface area contributed by atoms with Crippen molar-refractivity contribution in [2.45, 2.75) is 32.6 Å². The van der Waals surface area contributed by atoms with Crippen LogP contribution in [-0.4, -0.2) is 18.6 Å². The van der Waals surface area contributed by atoms with Crippen molar-refractivity contribution in [1.29, 1.82) is 0 Å². The number of ether oxygens (including phenoxy) is 1. The number of nitrogens with one attached hydrogen (secondary N) is 1. The summed E-state index contributed by atoms with van der Waals surface area (Å²) in [5.74, 6) is 1.85. The monoisotopic (exact) mass is 270 g/mol. The Labute approximate surface area is 120 Å². The maximum atomic E-state index is 5.32. The van der Waals surface area contributed by atoms with E-state index in [9.17, 15) is 0 Å². The molecule has 106 valence electrons. The van der Waals surface area contributed by atoms with E-state index in [2.05, 4.69) is 29.4 Å². The van der Waals surface area contributed by atoms with Crippen LogP contribution in [0.2, 0.25) is 0 Å². The molecule has 1 aromatic heterocycles. The molecule has 0 atom stereocenters. The van der Waals surface area contributed by atoms with Crippen LogP contribution in [0.5, 0.6) is 5.75 Å². The molecule has 1 N–H and O–H groups in total. The van der Waals surface area contributed by atoms with Crippen molar-refractivity contribution in [2.75, 3.05) is 19.0 Å². The van der Waals surface area contributed by atoms with E-state index < -0.39 is 0 Å². The Hall–Kier alpha value is -1.77. The number of hydrogen-bond donors (Lipinski definition) is 1. The van der Waals surface area contributed by atoms with Gasteiger partial charge in [-0.25, -0.2) is 4.98 Å². The maximum Gasteiger partial charge on any atom is 0.133 e. The summed E-state index contributed by atoms with van der Waals surface area (Å²) < 4.78 is 5.32. The Balaban J connectivity index is 1.83. The van der Waals surface area contributed by atoms with E-state index in [1.807, 2.05) is 18.3 Å². The predicted octanol–water partition coefficient (Wildman–Crippen LogP) is 4.24. The largest absolute Gasteiger partial charge is 0.497 e. The number of hydrogen-bond acceptors (Lipinski definition) is 3. The maximum absolute atomic E-state index is 5.32. The van der Waals surface area contributed by atoms with Gasteiger partial charge in [0.25, 0.3) is 0 Å². The van der Waals surface area contributed by atoms with E-state index in [0.717, 1.165) is 23.5 Å². The van der Waals surface area contributed by atoms with E-state index in [1.54, 1.807) is 7.11 Å². The number of anilines is 1. The lowest BCUT2D eigenvalue weighted by atomic mass is 10.0. The molecule has 0 saturated heterocycles.